The third-order valence-electron chi connectivity index (χ3n) is 4.27. The van der Waals surface area contributed by atoms with Gasteiger partial charge in [0.25, 0.3) is 0 Å². The second kappa shape index (κ2) is 12.6. The minimum absolute atomic E-state index is 0.470. The van der Waals surface area contributed by atoms with Gasteiger partial charge >= 0.3 is 0 Å². The van der Waals surface area contributed by atoms with E-state index in [0.29, 0.717) is 17.9 Å². The Balaban J connectivity index is 0.000000829. The van der Waals surface area contributed by atoms with Crippen LogP contribution in [-0.2, 0) is 4.79 Å². The maximum atomic E-state index is 12.0. The van der Waals surface area contributed by atoms with Gasteiger partial charge in [0.15, 0.2) is 0 Å². The van der Waals surface area contributed by atoms with E-state index in [0.717, 1.165) is 12.8 Å². The Morgan fingerprint density at radius 2 is 1.25 bits per heavy atom. The second-order valence-electron chi connectivity index (χ2n) is 5.50. The van der Waals surface area contributed by atoms with Gasteiger partial charge in [0.05, 0.1) is 0 Å². The van der Waals surface area contributed by atoms with Crippen LogP contribution in [0.4, 0.5) is 0 Å². The summed E-state index contributed by atoms with van der Waals surface area (Å²) in [5.41, 5.74) is 0. The SMILES string of the molecule is CI.CI.CN1CCCC1CC(=O)CC1CCCN1C. The van der Waals surface area contributed by atoms with Crippen LogP contribution in [0.15, 0.2) is 0 Å². The number of likely N-dealkylation sites (tertiary alicyclic amines) is 2. The molecule has 2 unspecified atom stereocenters. The molecule has 3 nitrogen and oxygen atoms in total. The molecule has 0 aliphatic carbocycles. The fourth-order valence-corrected chi connectivity index (χ4v) is 3.08. The van der Waals surface area contributed by atoms with Crippen molar-refractivity contribution < 1.29 is 4.79 Å². The van der Waals surface area contributed by atoms with Crippen LogP contribution in [0.25, 0.3) is 0 Å². The zero-order valence-electron chi connectivity index (χ0n) is 13.4. The van der Waals surface area contributed by atoms with Gasteiger partial charge in [0.1, 0.15) is 5.78 Å². The summed E-state index contributed by atoms with van der Waals surface area (Å²) in [4.78, 5) is 20.6. The molecule has 2 heterocycles. The van der Waals surface area contributed by atoms with Gasteiger partial charge in [-0.2, -0.15) is 0 Å². The van der Waals surface area contributed by atoms with Crippen molar-refractivity contribution in [1.29, 1.82) is 0 Å². The van der Waals surface area contributed by atoms with Crippen LogP contribution in [0.2, 0.25) is 0 Å². The van der Waals surface area contributed by atoms with Crippen LogP contribution in [0.1, 0.15) is 38.5 Å². The number of halogens is 2. The number of hydrogen-bond acceptors (Lipinski definition) is 3. The summed E-state index contributed by atoms with van der Waals surface area (Å²) in [6, 6.07) is 1.05. The summed E-state index contributed by atoms with van der Waals surface area (Å²) in [5, 5.41) is 0. The quantitative estimate of drug-likeness (QED) is 0.429. The third-order valence-corrected chi connectivity index (χ3v) is 4.27. The Morgan fingerprint density at radius 1 is 0.900 bits per heavy atom. The van der Waals surface area contributed by atoms with Gasteiger partial charge in [-0.05, 0) is 62.7 Å². The Hall–Kier alpha value is 1.05. The fourth-order valence-electron chi connectivity index (χ4n) is 3.08. The molecular formula is C15H30I2N2O. The van der Waals surface area contributed by atoms with E-state index < -0.39 is 0 Å². The van der Waals surface area contributed by atoms with Gasteiger partial charge in [0.2, 0.25) is 0 Å². The zero-order chi connectivity index (χ0) is 15.5. The molecule has 0 bridgehead atoms. The highest BCUT2D eigenvalue weighted by Crippen LogP contribution is 2.22. The van der Waals surface area contributed by atoms with E-state index in [4.69, 9.17) is 0 Å². The molecule has 0 aromatic carbocycles. The smallest absolute Gasteiger partial charge is 0.136 e. The molecule has 2 atom stereocenters. The first kappa shape index (κ1) is 21.0. The minimum atomic E-state index is 0.470. The molecule has 0 aromatic heterocycles. The molecule has 2 aliphatic rings. The number of carbonyl (C=O) groups is 1. The van der Waals surface area contributed by atoms with E-state index >= 15 is 0 Å². The van der Waals surface area contributed by atoms with Gasteiger partial charge in [-0.1, -0.05) is 45.2 Å². The molecule has 2 saturated heterocycles. The number of hydrogen-bond donors (Lipinski definition) is 0. The minimum Gasteiger partial charge on any atom is -0.303 e. The normalized spacial score (nSPS) is 26.5. The molecule has 2 rings (SSSR count). The maximum Gasteiger partial charge on any atom is 0.136 e. The Kier molecular flexibility index (Phi) is 13.2. The molecule has 120 valence electrons. The lowest BCUT2D eigenvalue weighted by atomic mass is 10.0. The number of nitrogens with zero attached hydrogens (tertiary/aromatic N) is 2. The highest BCUT2D eigenvalue weighted by molar-refractivity contribution is 14.1. The molecule has 0 amide bonds. The summed E-state index contributed by atoms with van der Waals surface area (Å²) >= 11 is 4.30. The van der Waals surface area contributed by atoms with Crippen molar-refractivity contribution in [2.45, 2.75) is 50.6 Å². The van der Waals surface area contributed by atoms with Crippen molar-refractivity contribution >= 4 is 51.0 Å². The maximum absolute atomic E-state index is 12.0. The standard InChI is InChI=1S/C13H24N2O.2CH3I/c1-14-7-3-5-11(14)9-13(16)10-12-6-4-8-15(12)2;2*1-2/h11-12H,3-10H2,1-2H3;2*1H3. The largest absolute Gasteiger partial charge is 0.303 e. The summed E-state index contributed by atoms with van der Waals surface area (Å²) in [5.74, 6) is 0.470. The summed E-state index contributed by atoms with van der Waals surface area (Å²) in [7, 11) is 4.29. The van der Waals surface area contributed by atoms with Crippen molar-refractivity contribution in [3.05, 3.63) is 0 Å². The fraction of sp³-hybridized carbons (Fsp3) is 0.933. The lowest BCUT2D eigenvalue weighted by Crippen LogP contribution is -2.31. The van der Waals surface area contributed by atoms with Crippen LogP contribution in [0, 0.1) is 0 Å². The molecule has 0 radical (unpaired) electrons. The van der Waals surface area contributed by atoms with Gasteiger partial charge in [-0.3, -0.25) is 4.79 Å². The number of alkyl halides is 2. The second-order valence-corrected chi connectivity index (χ2v) is 5.50. The highest BCUT2D eigenvalue weighted by Gasteiger charge is 2.27. The first-order valence-corrected chi connectivity index (χ1v) is 11.7. The monoisotopic (exact) mass is 508 g/mol. The van der Waals surface area contributed by atoms with Crippen molar-refractivity contribution in [2.75, 3.05) is 37.0 Å². The van der Waals surface area contributed by atoms with Crippen molar-refractivity contribution in [2.24, 2.45) is 0 Å². The van der Waals surface area contributed by atoms with Gasteiger partial charge in [-0.25, -0.2) is 0 Å². The predicted octanol–water partition coefficient (Wildman–Crippen LogP) is 3.63. The molecule has 20 heavy (non-hydrogen) atoms. The highest BCUT2D eigenvalue weighted by atomic mass is 127. The summed E-state index contributed by atoms with van der Waals surface area (Å²) in [6.45, 7) is 2.34. The molecule has 5 heteroatoms. The average molecular weight is 508 g/mol. The van der Waals surface area contributed by atoms with Crippen molar-refractivity contribution in [3.8, 4) is 0 Å². The molecule has 0 aromatic rings. The number of ketones is 1. The van der Waals surface area contributed by atoms with Crippen LogP contribution >= 0.6 is 45.2 Å². The van der Waals surface area contributed by atoms with Crippen LogP contribution in [0.5, 0.6) is 0 Å². The molecule has 2 fully saturated rings. The third kappa shape index (κ3) is 7.35. The van der Waals surface area contributed by atoms with Crippen LogP contribution in [0.3, 0.4) is 0 Å². The van der Waals surface area contributed by atoms with Crippen LogP contribution in [-0.4, -0.2) is 64.7 Å². The molecule has 2 aliphatic heterocycles. The van der Waals surface area contributed by atoms with Crippen molar-refractivity contribution in [1.82, 2.24) is 9.80 Å². The van der Waals surface area contributed by atoms with Crippen molar-refractivity contribution in [3.63, 3.8) is 0 Å². The first-order chi connectivity index (χ1) is 9.66. The van der Waals surface area contributed by atoms with E-state index in [1.54, 1.807) is 0 Å². The Labute approximate surface area is 152 Å². The molecule has 0 spiro atoms. The summed E-state index contributed by atoms with van der Waals surface area (Å²) < 4.78 is 0. The lowest BCUT2D eigenvalue weighted by Gasteiger charge is -2.21. The van der Waals surface area contributed by atoms with E-state index in [-0.39, 0.29) is 0 Å². The van der Waals surface area contributed by atoms with Gasteiger partial charge in [0, 0.05) is 24.9 Å². The summed E-state index contributed by atoms with van der Waals surface area (Å²) in [6.07, 6.45) is 6.50. The van der Waals surface area contributed by atoms with Crippen LogP contribution < -0.4 is 0 Å². The average Bonchev–Trinajstić information content (AvgIpc) is 3.05. The molecule has 0 saturated carbocycles. The van der Waals surface area contributed by atoms with E-state index in [1.807, 2.05) is 9.86 Å². The van der Waals surface area contributed by atoms with Gasteiger partial charge < -0.3 is 9.80 Å². The van der Waals surface area contributed by atoms with E-state index in [2.05, 4.69) is 69.1 Å². The first-order valence-electron chi connectivity index (χ1n) is 7.34. The number of Topliss-reactive ketones (excluding diaryl/α,β-unsaturated/α-hetero) is 1. The topological polar surface area (TPSA) is 23.6 Å². The van der Waals surface area contributed by atoms with E-state index in [9.17, 15) is 4.79 Å². The zero-order valence-corrected chi connectivity index (χ0v) is 17.7. The van der Waals surface area contributed by atoms with E-state index in [1.165, 1.54) is 38.8 Å². The Bertz CT molecular complexity index is 240. The Morgan fingerprint density at radius 3 is 1.50 bits per heavy atom. The lowest BCUT2D eigenvalue weighted by molar-refractivity contribution is -0.120. The van der Waals surface area contributed by atoms with Gasteiger partial charge in [-0.15, -0.1) is 0 Å². The number of rotatable bonds is 4. The number of carbonyl (C=O) groups excluding carboxylic acids is 1. The predicted molar refractivity (Wildman–Crippen MR) is 105 cm³/mol. The molecular weight excluding hydrogens is 478 g/mol. The molecule has 0 N–H and O–H groups in total.